The zero-order valence-corrected chi connectivity index (χ0v) is 19.6. The van der Waals surface area contributed by atoms with E-state index in [9.17, 15) is 0 Å². The fourth-order valence-corrected chi connectivity index (χ4v) is 7.26. The third-order valence-corrected chi connectivity index (χ3v) is 8.97. The van der Waals surface area contributed by atoms with E-state index in [0.29, 0.717) is 0 Å². The molecule has 0 aliphatic carbocycles. The zero-order valence-electron chi connectivity index (χ0n) is 16.1. The van der Waals surface area contributed by atoms with Gasteiger partial charge in [0.25, 0.3) is 0 Å². The first-order valence-corrected chi connectivity index (χ1v) is 12.4. The molecule has 148 valence electrons. The van der Waals surface area contributed by atoms with Gasteiger partial charge in [0.1, 0.15) is 0 Å². The van der Waals surface area contributed by atoms with E-state index in [1.165, 1.54) is 39.4 Å². The Morgan fingerprint density at radius 2 is 1.00 bits per heavy atom. The van der Waals surface area contributed by atoms with Crippen LogP contribution in [-0.4, -0.2) is 12.3 Å². The molecule has 0 heterocycles. The van der Waals surface area contributed by atoms with E-state index in [4.69, 9.17) is 0 Å². The molecular weight excluding hydrogens is 481 g/mol. The van der Waals surface area contributed by atoms with Gasteiger partial charge in [-0.15, -0.1) is 0 Å². The van der Waals surface area contributed by atoms with Crippen molar-refractivity contribution in [2.24, 2.45) is 0 Å². The molecule has 0 radical (unpaired) electrons. The Balaban J connectivity index is 0.00000240. The van der Waals surface area contributed by atoms with Crippen LogP contribution >= 0.6 is 16.5 Å². The van der Waals surface area contributed by atoms with Crippen LogP contribution in [-0.2, 0) is 20.4 Å². The first-order chi connectivity index (χ1) is 13.9. The van der Waals surface area contributed by atoms with Gasteiger partial charge in [-0.2, -0.15) is 0 Å². The van der Waals surface area contributed by atoms with Crippen LogP contribution in [0.2, 0.25) is 0 Å². The molecule has 0 bridgehead atoms. The molecule has 0 spiro atoms. The maximum Gasteiger partial charge on any atom is 0 e. The normalized spacial score (nSPS) is 11.9. The van der Waals surface area contributed by atoms with Crippen molar-refractivity contribution >= 4 is 32.4 Å². The molecule has 2 unspecified atom stereocenters. The molecule has 0 N–H and O–H groups in total. The van der Waals surface area contributed by atoms with Crippen molar-refractivity contribution < 1.29 is 20.4 Å². The summed E-state index contributed by atoms with van der Waals surface area (Å²) in [7, 11) is 0.557. The first-order valence-electron chi connectivity index (χ1n) is 9.67. The van der Waals surface area contributed by atoms with Crippen molar-refractivity contribution in [1.82, 2.24) is 0 Å². The molecule has 0 aliphatic rings. The molecule has 4 aromatic carbocycles. The first kappa shape index (κ1) is 22.1. The van der Waals surface area contributed by atoms with Crippen molar-refractivity contribution in [2.45, 2.75) is 0 Å². The fourth-order valence-electron chi connectivity index (χ4n) is 3.35. The quantitative estimate of drug-likeness (QED) is 0.221. The Bertz CT molecular complexity index is 971. The number of hydrogen-bond acceptors (Lipinski definition) is 0. The van der Waals surface area contributed by atoms with Crippen LogP contribution in [0.4, 0.5) is 0 Å². The van der Waals surface area contributed by atoms with E-state index in [2.05, 4.69) is 115 Å². The Kier molecular flexibility index (Phi) is 8.80. The van der Waals surface area contributed by atoms with Gasteiger partial charge in [0.05, 0.1) is 0 Å². The minimum absolute atomic E-state index is 0. The molecule has 2 atom stereocenters. The number of benzene rings is 4. The summed E-state index contributed by atoms with van der Waals surface area (Å²) in [5.41, 5.74) is 2.57. The van der Waals surface area contributed by atoms with E-state index in [0.717, 1.165) is 8.58 Å². The minimum atomic E-state index is -0.321. The predicted molar refractivity (Wildman–Crippen MR) is 129 cm³/mol. The average Bonchev–Trinajstić information content (AvgIpc) is 2.79. The molecule has 29 heavy (non-hydrogen) atoms. The average molecular weight is 505 g/mol. The van der Waals surface area contributed by atoms with Crippen LogP contribution in [0.25, 0.3) is 11.1 Å². The molecule has 0 fully saturated rings. The second-order valence-corrected chi connectivity index (χ2v) is 10.5. The zero-order chi connectivity index (χ0) is 19.0. The van der Waals surface area contributed by atoms with Gasteiger partial charge in [-0.3, -0.25) is 0 Å². The monoisotopic (exact) mass is 504 g/mol. The van der Waals surface area contributed by atoms with Crippen LogP contribution in [0.3, 0.4) is 0 Å². The van der Waals surface area contributed by atoms with E-state index in [-0.39, 0.29) is 28.3 Å². The molecule has 4 aromatic rings. The van der Waals surface area contributed by atoms with Crippen molar-refractivity contribution in [2.75, 3.05) is 12.3 Å². The summed E-state index contributed by atoms with van der Waals surface area (Å²) in [5, 5.41) is 4.41. The van der Waals surface area contributed by atoms with Crippen molar-refractivity contribution in [3.05, 3.63) is 115 Å². The third kappa shape index (κ3) is 6.19. The Labute approximate surface area is 191 Å². The van der Waals surface area contributed by atoms with Gasteiger partial charge in [0.2, 0.25) is 0 Å². The predicted octanol–water partition coefficient (Wildman–Crippen LogP) is 5.79. The summed E-state index contributed by atoms with van der Waals surface area (Å²) in [6.45, 7) is 0. The van der Waals surface area contributed by atoms with Crippen molar-refractivity contribution in [3.8, 4) is 11.1 Å². The summed E-state index contributed by atoms with van der Waals surface area (Å²) in [6, 6.07) is 41.8. The Morgan fingerprint density at radius 3 is 1.62 bits per heavy atom. The van der Waals surface area contributed by atoms with Crippen LogP contribution in [0.5, 0.6) is 0 Å². The summed E-state index contributed by atoms with van der Waals surface area (Å²) >= 11 is 0. The molecule has 0 aliphatic heterocycles. The maximum absolute atomic E-state index is 2.34. The molecule has 4 rings (SSSR count). The molecule has 0 saturated carbocycles. The molecule has 3 heteroatoms. The molecular formula is C26H24P2Pd. The summed E-state index contributed by atoms with van der Waals surface area (Å²) in [4.78, 5) is 0. The second-order valence-electron chi connectivity index (χ2n) is 6.69. The summed E-state index contributed by atoms with van der Waals surface area (Å²) in [5.74, 6) is 0. The van der Waals surface area contributed by atoms with E-state index < -0.39 is 0 Å². The van der Waals surface area contributed by atoms with Gasteiger partial charge in [-0.1, -0.05) is 124 Å². The number of rotatable bonds is 7. The molecule has 0 aromatic heterocycles. The Morgan fingerprint density at radius 1 is 0.517 bits per heavy atom. The van der Waals surface area contributed by atoms with Gasteiger partial charge in [-0.25, -0.2) is 0 Å². The van der Waals surface area contributed by atoms with E-state index in [1.54, 1.807) is 0 Å². The van der Waals surface area contributed by atoms with Crippen LogP contribution in [0, 0.1) is 0 Å². The van der Waals surface area contributed by atoms with Crippen LogP contribution in [0.15, 0.2) is 115 Å². The largest absolute Gasteiger partial charge is 0.0900 e. The maximum atomic E-state index is 2.34. The topological polar surface area (TPSA) is 0 Å². The van der Waals surface area contributed by atoms with Crippen molar-refractivity contribution in [3.63, 3.8) is 0 Å². The smallest absolute Gasteiger partial charge is 0 e. The molecule has 0 amide bonds. The SMILES string of the molecule is [Pd].c1ccc(PCCP(c2ccccc2)c2ccc(-c3ccccc3)cc2)cc1. The third-order valence-electron chi connectivity index (χ3n) is 4.79. The van der Waals surface area contributed by atoms with Gasteiger partial charge < -0.3 is 0 Å². The van der Waals surface area contributed by atoms with Gasteiger partial charge >= 0.3 is 0 Å². The van der Waals surface area contributed by atoms with Gasteiger partial charge in [-0.05, 0) is 47.3 Å². The molecule has 0 nitrogen and oxygen atoms in total. The fraction of sp³-hybridized carbons (Fsp3) is 0.0769. The standard InChI is InChI=1S/C26H24P2.Pd/c1-4-10-22(11-5-1)23-16-18-26(19-17-23)28(25-14-8-3-9-15-25)21-20-27-24-12-6-2-7-13-24;/h1-19,27H,20-21H2;. The van der Waals surface area contributed by atoms with Gasteiger partial charge in [0.15, 0.2) is 0 Å². The van der Waals surface area contributed by atoms with Crippen LogP contribution < -0.4 is 15.9 Å². The summed E-state index contributed by atoms with van der Waals surface area (Å²) in [6.07, 6.45) is 2.47. The van der Waals surface area contributed by atoms with E-state index in [1.807, 2.05) is 0 Å². The second kappa shape index (κ2) is 11.6. The number of hydrogen-bond donors (Lipinski definition) is 0. The minimum Gasteiger partial charge on any atom is -0.0900 e. The Hall–Kier alpha value is -1.60. The molecule has 0 saturated heterocycles. The van der Waals surface area contributed by atoms with E-state index >= 15 is 0 Å². The summed E-state index contributed by atoms with van der Waals surface area (Å²) < 4.78 is 0. The van der Waals surface area contributed by atoms with Crippen LogP contribution in [0.1, 0.15) is 0 Å². The van der Waals surface area contributed by atoms with Crippen molar-refractivity contribution in [1.29, 1.82) is 0 Å². The van der Waals surface area contributed by atoms with Gasteiger partial charge in [0, 0.05) is 20.4 Å².